The van der Waals surface area contributed by atoms with Crippen LogP contribution in [0.25, 0.3) is 0 Å². The molecule has 2 atom stereocenters. The van der Waals surface area contributed by atoms with E-state index in [4.69, 9.17) is 4.74 Å². The third kappa shape index (κ3) is 5.09. The number of rotatable bonds is 7. The van der Waals surface area contributed by atoms with E-state index in [1.807, 2.05) is 6.92 Å². The summed E-state index contributed by atoms with van der Waals surface area (Å²) in [6.07, 6.45) is -1.22. The Bertz CT molecular complexity index is 503. The molecule has 0 amide bonds. The normalized spacial score (nSPS) is 19.7. The molecule has 0 saturated heterocycles. The highest BCUT2D eigenvalue weighted by atomic mass is 79.9. The van der Waals surface area contributed by atoms with Crippen LogP contribution in [0.1, 0.15) is 33.1 Å². The van der Waals surface area contributed by atoms with Crippen molar-refractivity contribution in [2.45, 2.75) is 50.3 Å². The van der Waals surface area contributed by atoms with E-state index in [1.54, 1.807) is 6.92 Å². The van der Waals surface area contributed by atoms with Gasteiger partial charge in [-0.1, -0.05) is 29.3 Å². The lowest BCUT2D eigenvalue weighted by atomic mass is 9.99. The van der Waals surface area contributed by atoms with Crippen LogP contribution < -0.4 is 0 Å². The summed E-state index contributed by atoms with van der Waals surface area (Å²) >= 11 is 3.17. The lowest BCUT2D eigenvalue weighted by Gasteiger charge is -2.36. The summed E-state index contributed by atoms with van der Waals surface area (Å²) < 4.78 is 44.3. The first-order valence-electron chi connectivity index (χ1n) is 7.28. The second-order valence-corrected chi connectivity index (χ2v) is 5.92. The highest BCUT2D eigenvalue weighted by Gasteiger charge is 2.40. The first-order chi connectivity index (χ1) is 10.8. The molecule has 0 N–H and O–H groups in total. The number of carbonyl (C=O) groups excluding carboxylic acids is 2. The average Bonchev–Trinajstić information content (AvgIpc) is 2.46. The Kier molecular flexibility index (Phi) is 7.31. The summed E-state index contributed by atoms with van der Waals surface area (Å²) in [4.78, 5) is 23.5. The predicted molar refractivity (Wildman–Crippen MR) is 82.8 cm³/mol. The number of alkyl halides is 4. The van der Waals surface area contributed by atoms with Crippen LogP contribution in [-0.2, 0) is 14.3 Å². The lowest BCUT2D eigenvalue weighted by Crippen LogP contribution is -2.44. The van der Waals surface area contributed by atoms with Gasteiger partial charge in [0.05, 0.1) is 12.2 Å². The van der Waals surface area contributed by atoms with E-state index in [0.717, 1.165) is 6.08 Å². The van der Waals surface area contributed by atoms with Crippen molar-refractivity contribution in [2.75, 3.05) is 6.61 Å². The highest BCUT2D eigenvalue weighted by molar-refractivity contribution is 9.09. The summed E-state index contributed by atoms with van der Waals surface area (Å²) in [5, 5.41) is 0. The summed E-state index contributed by atoms with van der Waals surface area (Å²) in [5.74, 6) is -0.496. The maximum absolute atomic E-state index is 13.1. The van der Waals surface area contributed by atoms with Crippen molar-refractivity contribution in [1.82, 2.24) is 4.90 Å². The number of nitrogens with zero attached hydrogens (tertiary/aromatic N) is 1. The Morgan fingerprint density at radius 1 is 1.48 bits per heavy atom. The van der Waals surface area contributed by atoms with Gasteiger partial charge in [-0.15, -0.1) is 0 Å². The van der Waals surface area contributed by atoms with Crippen molar-refractivity contribution in [2.24, 2.45) is 0 Å². The third-order valence-electron chi connectivity index (χ3n) is 3.33. The quantitative estimate of drug-likeness (QED) is 0.284. The monoisotopic (exact) mass is 397 g/mol. The Labute approximate surface area is 141 Å². The maximum atomic E-state index is 13.1. The van der Waals surface area contributed by atoms with Crippen LogP contribution in [0.2, 0.25) is 0 Å². The van der Waals surface area contributed by atoms with Crippen LogP contribution in [-0.4, -0.2) is 40.9 Å². The van der Waals surface area contributed by atoms with Crippen LogP contribution in [0, 0.1) is 0 Å². The van der Waals surface area contributed by atoms with Crippen molar-refractivity contribution in [3.05, 3.63) is 23.4 Å². The molecule has 4 nitrogen and oxygen atoms in total. The highest BCUT2D eigenvalue weighted by Crippen LogP contribution is 2.38. The van der Waals surface area contributed by atoms with Crippen molar-refractivity contribution in [1.29, 1.82) is 0 Å². The summed E-state index contributed by atoms with van der Waals surface area (Å²) in [6.45, 7) is 3.72. The minimum Gasteiger partial charge on any atom is -0.464 e. The minimum atomic E-state index is -4.56. The molecule has 130 valence electrons. The van der Waals surface area contributed by atoms with E-state index in [9.17, 15) is 22.8 Å². The number of hydrogen-bond acceptors (Lipinski definition) is 4. The van der Waals surface area contributed by atoms with E-state index in [1.165, 1.54) is 11.1 Å². The smallest absolute Gasteiger partial charge is 0.416 e. The van der Waals surface area contributed by atoms with Crippen LogP contribution >= 0.6 is 15.9 Å². The van der Waals surface area contributed by atoms with Gasteiger partial charge in [-0.2, -0.15) is 13.2 Å². The second-order valence-electron chi connectivity index (χ2n) is 4.98. The van der Waals surface area contributed by atoms with Gasteiger partial charge in [-0.25, -0.2) is 4.79 Å². The van der Waals surface area contributed by atoms with Crippen molar-refractivity contribution in [3.63, 3.8) is 0 Å². The Hall–Kier alpha value is -1.31. The molecule has 0 fully saturated rings. The molecule has 1 aliphatic heterocycles. The largest absolute Gasteiger partial charge is 0.464 e. The molecule has 0 radical (unpaired) electrons. The molecule has 0 aromatic heterocycles. The zero-order valence-corrected chi connectivity index (χ0v) is 14.5. The van der Waals surface area contributed by atoms with Crippen LogP contribution in [0.5, 0.6) is 0 Å². The first kappa shape index (κ1) is 19.7. The lowest BCUT2D eigenvalue weighted by molar-refractivity contribution is -0.148. The fourth-order valence-electron chi connectivity index (χ4n) is 2.34. The summed E-state index contributed by atoms with van der Waals surface area (Å²) in [5.41, 5.74) is -1.02. The molecular formula is C15H19BrF3NO3. The molecule has 8 heteroatoms. The number of esters is 1. The topological polar surface area (TPSA) is 46.6 Å². The number of allylic oxidation sites excluding steroid dienone is 2. The van der Waals surface area contributed by atoms with Gasteiger partial charge in [0.15, 0.2) is 0 Å². The van der Waals surface area contributed by atoms with Gasteiger partial charge in [0.25, 0.3) is 0 Å². The van der Waals surface area contributed by atoms with Crippen molar-refractivity contribution >= 4 is 28.2 Å². The maximum Gasteiger partial charge on any atom is 0.416 e. The van der Waals surface area contributed by atoms with E-state index in [-0.39, 0.29) is 18.6 Å². The fourth-order valence-corrected chi connectivity index (χ4v) is 3.01. The average molecular weight is 398 g/mol. The van der Waals surface area contributed by atoms with Gasteiger partial charge in [0.2, 0.25) is 0 Å². The van der Waals surface area contributed by atoms with Crippen LogP contribution in [0.3, 0.4) is 0 Å². The number of aldehydes is 1. The van der Waals surface area contributed by atoms with Gasteiger partial charge >= 0.3 is 12.1 Å². The van der Waals surface area contributed by atoms with E-state index in [2.05, 4.69) is 15.9 Å². The first-order valence-corrected chi connectivity index (χ1v) is 8.19. The summed E-state index contributed by atoms with van der Waals surface area (Å²) in [7, 11) is 0. The number of hydrogen-bond donors (Lipinski definition) is 0. The molecular weight excluding hydrogens is 379 g/mol. The molecule has 0 aromatic carbocycles. The molecule has 1 aliphatic rings. The van der Waals surface area contributed by atoms with E-state index < -0.39 is 28.7 Å². The minimum absolute atomic E-state index is 0.159. The molecule has 1 rings (SSSR count). The van der Waals surface area contributed by atoms with Crippen molar-refractivity contribution < 1.29 is 27.5 Å². The van der Waals surface area contributed by atoms with Gasteiger partial charge in [-0.05, 0) is 25.0 Å². The van der Waals surface area contributed by atoms with Gasteiger partial charge in [-0.3, -0.25) is 0 Å². The Balaban J connectivity index is 3.18. The van der Waals surface area contributed by atoms with Gasteiger partial charge in [0, 0.05) is 12.6 Å². The standard InChI is InChI=1S/C15H19BrF3NO3/c1-3-5-12(14(22)23-4-2)20-9-10(6-7-21)11(8-13(20)16)15(17,18)19/h7-9,12-13H,3-6H2,1-2H3. The van der Waals surface area contributed by atoms with Crippen LogP contribution in [0.15, 0.2) is 23.4 Å². The molecule has 0 bridgehead atoms. The molecule has 0 saturated carbocycles. The van der Waals surface area contributed by atoms with Gasteiger partial charge < -0.3 is 14.4 Å². The zero-order chi connectivity index (χ0) is 17.6. The Morgan fingerprint density at radius 2 is 2.13 bits per heavy atom. The number of carbonyl (C=O) groups is 2. The Morgan fingerprint density at radius 3 is 2.61 bits per heavy atom. The van der Waals surface area contributed by atoms with Crippen molar-refractivity contribution in [3.8, 4) is 0 Å². The number of halogens is 4. The molecule has 0 aliphatic carbocycles. The second kappa shape index (κ2) is 8.52. The molecule has 1 heterocycles. The van der Waals surface area contributed by atoms with E-state index in [0.29, 0.717) is 19.1 Å². The molecule has 0 aromatic rings. The van der Waals surface area contributed by atoms with Crippen LogP contribution in [0.4, 0.5) is 13.2 Å². The molecule has 2 unspecified atom stereocenters. The molecule has 23 heavy (non-hydrogen) atoms. The number of ether oxygens (including phenoxy) is 1. The fraction of sp³-hybridized carbons (Fsp3) is 0.600. The predicted octanol–water partition coefficient (Wildman–Crippen LogP) is 3.72. The SMILES string of the molecule is CCCC(C(=O)OCC)N1C=C(CC=O)C(C(F)(F)F)=CC1Br. The van der Waals surface area contributed by atoms with Gasteiger partial charge in [0.1, 0.15) is 17.3 Å². The zero-order valence-electron chi connectivity index (χ0n) is 12.9. The summed E-state index contributed by atoms with van der Waals surface area (Å²) in [6, 6.07) is -0.711. The molecule has 0 spiro atoms. The van der Waals surface area contributed by atoms with E-state index >= 15 is 0 Å². The third-order valence-corrected chi connectivity index (χ3v) is 4.07.